The SMILES string of the molecule is CC(C)CCCOc1ccccc1CBr. The van der Waals surface area contributed by atoms with E-state index >= 15 is 0 Å². The van der Waals surface area contributed by atoms with Crippen LogP contribution in [-0.4, -0.2) is 6.61 Å². The topological polar surface area (TPSA) is 9.23 Å². The van der Waals surface area contributed by atoms with E-state index in [1.165, 1.54) is 12.0 Å². The molecule has 0 radical (unpaired) electrons. The fourth-order valence-corrected chi connectivity index (χ4v) is 1.89. The lowest BCUT2D eigenvalue weighted by Crippen LogP contribution is -2.01. The average molecular weight is 271 g/mol. The highest BCUT2D eigenvalue weighted by Gasteiger charge is 2.01. The third kappa shape index (κ3) is 4.70. The molecule has 0 aromatic heterocycles. The normalized spacial score (nSPS) is 10.7. The summed E-state index contributed by atoms with van der Waals surface area (Å²) >= 11 is 3.46. The maximum atomic E-state index is 5.75. The van der Waals surface area contributed by atoms with Gasteiger partial charge in [-0.2, -0.15) is 0 Å². The second-order valence-electron chi connectivity index (χ2n) is 4.13. The Morgan fingerprint density at radius 1 is 1.27 bits per heavy atom. The molecule has 0 saturated carbocycles. The lowest BCUT2D eigenvalue weighted by molar-refractivity contribution is 0.296. The molecule has 0 aliphatic carbocycles. The first-order valence-corrected chi connectivity index (χ1v) is 6.63. The van der Waals surface area contributed by atoms with Crippen LogP contribution in [0.1, 0.15) is 32.3 Å². The number of para-hydroxylation sites is 1. The van der Waals surface area contributed by atoms with Crippen LogP contribution in [0.2, 0.25) is 0 Å². The lowest BCUT2D eigenvalue weighted by Gasteiger charge is -2.10. The van der Waals surface area contributed by atoms with Gasteiger partial charge in [-0.3, -0.25) is 0 Å². The van der Waals surface area contributed by atoms with Gasteiger partial charge in [0.25, 0.3) is 0 Å². The molecule has 0 saturated heterocycles. The van der Waals surface area contributed by atoms with Crippen LogP contribution in [0, 0.1) is 5.92 Å². The minimum absolute atomic E-state index is 0.764. The Bertz CT molecular complexity index is 284. The average Bonchev–Trinajstić information content (AvgIpc) is 2.24. The lowest BCUT2D eigenvalue weighted by atomic mass is 10.1. The Balaban J connectivity index is 2.36. The third-order valence-corrected chi connectivity index (χ3v) is 2.90. The molecule has 1 rings (SSSR count). The van der Waals surface area contributed by atoms with Crippen LogP contribution in [0.25, 0.3) is 0 Å². The van der Waals surface area contributed by atoms with Gasteiger partial charge < -0.3 is 4.74 Å². The molecular formula is C13H19BrO. The van der Waals surface area contributed by atoms with Crippen molar-refractivity contribution in [2.75, 3.05) is 6.61 Å². The fourth-order valence-electron chi connectivity index (χ4n) is 1.43. The van der Waals surface area contributed by atoms with Crippen LogP contribution in [0.3, 0.4) is 0 Å². The van der Waals surface area contributed by atoms with Crippen molar-refractivity contribution >= 4 is 15.9 Å². The van der Waals surface area contributed by atoms with Crippen LogP contribution in [-0.2, 0) is 5.33 Å². The number of benzene rings is 1. The van der Waals surface area contributed by atoms with Crippen molar-refractivity contribution in [3.05, 3.63) is 29.8 Å². The Morgan fingerprint density at radius 3 is 2.67 bits per heavy atom. The number of ether oxygens (including phenoxy) is 1. The van der Waals surface area contributed by atoms with E-state index in [4.69, 9.17) is 4.74 Å². The fraction of sp³-hybridized carbons (Fsp3) is 0.538. The van der Waals surface area contributed by atoms with Gasteiger partial charge in [-0.25, -0.2) is 0 Å². The molecule has 0 aliphatic rings. The second kappa shape index (κ2) is 6.89. The van der Waals surface area contributed by atoms with Crippen LogP contribution < -0.4 is 4.74 Å². The van der Waals surface area contributed by atoms with E-state index in [2.05, 4.69) is 35.8 Å². The van der Waals surface area contributed by atoms with Crippen molar-refractivity contribution in [3.63, 3.8) is 0 Å². The van der Waals surface area contributed by atoms with Gasteiger partial charge in [0, 0.05) is 10.9 Å². The van der Waals surface area contributed by atoms with Gasteiger partial charge in [-0.15, -0.1) is 0 Å². The van der Waals surface area contributed by atoms with Gasteiger partial charge in [0.15, 0.2) is 0 Å². The molecule has 2 heteroatoms. The quantitative estimate of drug-likeness (QED) is 0.550. The van der Waals surface area contributed by atoms with Gasteiger partial charge in [-0.05, 0) is 24.8 Å². The molecule has 0 atom stereocenters. The molecule has 1 nitrogen and oxygen atoms in total. The smallest absolute Gasteiger partial charge is 0.123 e. The van der Waals surface area contributed by atoms with Gasteiger partial charge >= 0.3 is 0 Å². The Labute approximate surface area is 101 Å². The van der Waals surface area contributed by atoms with E-state index in [0.717, 1.165) is 30.0 Å². The molecule has 0 aliphatic heterocycles. The molecule has 1 aromatic carbocycles. The summed E-state index contributed by atoms with van der Waals surface area (Å²) in [6, 6.07) is 8.18. The van der Waals surface area contributed by atoms with Crippen molar-refractivity contribution in [2.45, 2.75) is 32.0 Å². The highest BCUT2D eigenvalue weighted by atomic mass is 79.9. The standard InChI is InChI=1S/C13H19BrO/c1-11(2)6-5-9-15-13-8-4-3-7-12(13)10-14/h3-4,7-8,11H,5-6,9-10H2,1-2H3. The van der Waals surface area contributed by atoms with Crippen molar-refractivity contribution < 1.29 is 4.74 Å². The van der Waals surface area contributed by atoms with Crippen LogP contribution in [0.5, 0.6) is 5.75 Å². The first-order valence-electron chi connectivity index (χ1n) is 5.50. The van der Waals surface area contributed by atoms with E-state index in [-0.39, 0.29) is 0 Å². The maximum absolute atomic E-state index is 5.75. The number of hydrogen-bond donors (Lipinski definition) is 0. The van der Waals surface area contributed by atoms with Crippen LogP contribution >= 0.6 is 15.9 Å². The van der Waals surface area contributed by atoms with E-state index < -0.39 is 0 Å². The summed E-state index contributed by atoms with van der Waals surface area (Å²) in [5.41, 5.74) is 1.22. The first kappa shape index (κ1) is 12.6. The van der Waals surface area contributed by atoms with Crippen molar-refractivity contribution in [1.82, 2.24) is 0 Å². The summed E-state index contributed by atoms with van der Waals surface area (Å²) in [6.45, 7) is 5.31. The Hall–Kier alpha value is -0.500. The predicted octanol–water partition coefficient (Wildman–Crippen LogP) is 4.40. The number of rotatable bonds is 6. The minimum atomic E-state index is 0.764. The summed E-state index contributed by atoms with van der Waals surface area (Å²) < 4.78 is 5.75. The molecule has 0 unspecified atom stereocenters. The highest BCUT2D eigenvalue weighted by molar-refractivity contribution is 9.08. The molecule has 0 spiro atoms. The molecule has 15 heavy (non-hydrogen) atoms. The molecule has 0 N–H and O–H groups in total. The zero-order valence-corrected chi connectivity index (χ0v) is 11.1. The van der Waals surface area contributed by atoms with E-state index in [0.29, 0.717) is 0 Å². The van der Waals surface area contributed by atoms with E-state index in [1.54, 1.807) is 0 Å². The molecule has 1 aromatic rings. The summed E-state index contributed by atoms with van der Waals surface area (Å²) in [5, 5.41) is 0.855. The summed E-state index contributed by atoms with van der Waals surface area (Å²) in [7, 11) is 0. The molecule has 0 fully saturated rings. The molecule has 0 bridgehead atoms. The van der Waals surface area contributed by atoms with Crippen molar-refractivity contribution in [2.24, 2.45) is 5.92 Å². The number of hydrogen-bond acceptors (Lipinski definition) is 1. The molecule has 0 amide bonds. The van der Waals surface area contributed by atoms with E-state index in [9.17, 15) is 0 Å². The molecule has 0 heterocycles. The second-order valence-corrected chi connectivity index (χ2v) is 4.69. The Kier molecular flexibility index (Phi) is 5.77. The van der Waals surface area contributed by atoms with E-state index in [1.807, 2.05) is 18.2 Å². The van der Waals surface area contributed by atoms with Gasteiger partial charge in [-0.1, -0.05) is 48.0 Å². The Morgan fingerprint density at radius 2 is 2.00 bits per heavy atom. The zero-order chi connectivity index (χ0) is 11.1. The summed E-state index contributed by atoms with van der Waals surface area (Å²) in [5.74, 6) is 1.78. The summed E-state index contributed by atoms with van der Waals surface area (Å²) in [4.78, 5) is 0. The number of halogens is 1. The van der Waals surface area contributed by atoms with Crippen molar-refractivity contribution in [1.29, 1.82) is 0 Å². The monoisotopic (exact) mass is 270 g/mol. The van der Waals surface area contributed by atoms with Gasteiger partial charge in [0.2, 0.25) is 0 Å². The first-order chi connectivity index (χ1) is 7.24. The third-order valence-electron chi connectivity index (χ3n) is 2.30. The van der Waals surface area contributed by atoms with Gasteiger partial charge in [0.1, 0.15) is 5.75 Å². The molecular weight excluding hydrogens is 252 g/mol. The van der Waals surface area contributed by atoms with Crippen LogP contribution in [0.15, 0.2) is 24.3 Å². The van der Waals surface area contributed by atoms with Crippen molar-refractivity contribution in [3.8, 4) is 5.75 Å². The maximum Gasteiger partial charge on any atom is 0.123 e. The number of alkyl halides is 1. The summed E-state index contributed by atoms with van der Waals surface area (Å²) in [6.07, 6.45) is 2.37. The highest BCUT2D eigenvalue weighted by Crippen LogP contribution is 2.20. The van der Waals surface area contributed by atoms with Crippen LogP contribution in [0.4, 0.5) is 0 Å². The predicted molar refractivity (Wildman–Crippen MR) is 68.6 cm³/mol. The zero-order valence-electron chi connectivity index (χ0n) is 9.50. The minimum Gasteiger partial charge on any atom is -0.493 e. The molecule has 84 valence electrons. The van der Waals surface area contributed by atoms with Gasteiger partial charge in [0.05, 0.1) is 6.61 Å². The largest absolute Gasteiger partial charge is 0.493 e.